The number of allylic oxidation sites excluding steroid dienone is 1. The molecule has 1 aromatic carbocycles. The number of carbonyl (C=O) groups excluding carboxylic acids is 3. The van der Waals surface area contributed by atoms with Crippen LogP contribution in [0.2, 0.25) is 0 Å². The molecule has 1 heterocycles. The maximum absolute atomic E-state index is 12.3. The summed E-state index contributed by atoms with van der Waals surface area (Å²) >= 11 is 0. The highest BCUT2D eigenvalue weighted by molar-refractivity contribution is 6.06. The van der Waals surface area contributed by atoms with Gasteiger partial charge in [0.05, 0.1) is 0 Å². The van der Waals surface area contributed by atoms with Crippen LogP contribution < -0.4 is 10.8 Å². The summed E-state index contributed by atoms with van der Waals surface area (Å²) in [4.78, 5) is 33.7. The summed E-state index contributed by atoms with van der Waals surface area (Å²) in [6, 6.07) is 10.6. The minimum atomic E-state index is -0.623. The third-order valence-corrected chi connectivity index (χ3v) is 3.72. The number of nitrogens with one attached hydrogen (secondary N) is 2. The van der Waals surface area contributed by atoms with Crippen molar-refractivity contribution in [3.05, 3.63) is 71.1 Å². The Balaban J connectivity index is 2.11. The number of carbonyl (C=O) groups is 3. The Hall–Kier alpha value is -3.45. The Morgan fingerprint density at radius 1 is 1.12 bits per heavy atom. The number of nitrogens with zero attached hydrogens (tertiary/aromatic N) is 1. The second-order valence-electron chi connectivity index (χ2n) is 5.45. The van der Waals surface area contributed by atoms with E-state index in [4.69, 9.17) is 5.21 Å². The third kappa shape index (κ3) is 5.02. The number of rotatable bonds is 8. The van der Waals surface area contributed by atoms with Gasteiger partial charge in [-0.3, -0.25) is 19.6 Å². The summed E-state index contributed by atoms with van der Waals surface area (Å²) in [5, 5.41) is 11.0. The van der Waals surface area contributed by atoms with Crippen LogP contribution in [0, 0.1) is 0 Å². The van der Waals surface area contributed by atoms with Crippen LogP contribution in [-0.2, 0) is 23.2 Å². The molecule has 2 amide bonds. The maximum atomic E-state index is 12.3. The van der Waals surface area contributed by atoms with Crippen LogP contribution >= 0.6 is 0 Å². The predicted molar refractivity (Wildman–Crippen MR) is 97.1 cm³/mol. The Labute approximate surface area is 150 Å². The van der Waals surface area contributed by atoms with Crippen molar-refractivity contribution in [2.45, 2.75) is 6.54 Å². The number of hydrogen-bond donors (Lipinski definition) is 3. The molecule has 2 rings (SSSR count). The largest absolute Gasteiger partial charge is 0.355 e. The number of hydrogen-bond acceptors (Lipinski definition) is 4. The van der Waals surface area contributed by atoms with Gasteiger partial charge in [0.2, 0.25) is 6.41 Å². The highest BCUT2D eigenvalue weighted by atomic mass is 16.5. The van der Waals surface area contributed by atoms with E-state index in [0.717, 1.165) is 17.0 Å². The molecule has 1 aromatic heterocycles. The van der Waals surface area contributed by atoms with Crippen molar-refractivity contribution in [2.24, 2.45) is 7.05 Å². The van der Waals surface area contributed by atoms with Gasteiger partial charge in [-0.15, -0.1) is 0 Å². The molecule has 7 nitrogen and oxygen atoms in total. The second-order valence-corrected chi connectivity index (χ2v) is 5.45. The first-order chi connectivity index (χ1) is 12.5. The number of benzene rings is 1. The lowest BCUT2D eigenvalue weighted by Crippen LogP contribution is -2.14. The standard InChI is InChI=1S/C19H19N3O4/c1-22-16(5-6-17(22)8-10-19(25)21-26)7-9-18(24)15-4-2-3-14(11-15)12-20-13-23/h2-11,13,26H,12H2,1H3,(H,20,23)(H,21,25)/b9-7+,10-8+. The van der Waals surface area contributed by atoms with Gasteiger partial charge in [0.1, 0.15) is 0 Å². The van der Waals surface area contributed by atoms with Gasteiger partial charge in [0.15, 0.2) is 5.78 Å². The minimum absolute atomic E-state index is 0.157. The predicted octanol–water partition coefficient (Wildman–Crippen LogP) is 1.69. The van der Waals surface area contributed by atoms with E-state index in [-0.39, 0.29) is 5.78 Å². The van der Waals surface area contributed by atoms with E-state index in [1.54, 1.807) is 48.0 Å². The Kier molecular flexibility index (Phi) is 6.64. The minimum Gasteiger partial charge on any atom is -0.355 e. The van der Waals surface area contributed by atoms with Crippen molar-refractivity contribution in [2.75, 3.05) is 0 Å². The lowest BCUT2D eigenvalue weighted by atomic mass is 10.1. The molecule has 0 aliphatic carbocycles. The smallest absolute Gasteiger partial charge is 0.267 e. The molecule has 0 atom stereocenters. The molecule has 0 fully saturated rings. The molecule has 134 valence electrons. The van der Waals surface area contributed by atoms with Gasteiger partial charge in [0.25, 0.3) is 5.91 Å². The van der Waals surface area contributed by atoms with Crippen molar-refractivity contribution in [3.63, 3.8) is 0 Å². The Morgan fingerprint density at radius 2 is 1.81 bits per heavy atom. The highest BCUT2D eigenvalue weighted by Gasteiger charge is 2.05. The van der Waals surface area contributed by atoms with E-state index in [9.17, 15) is 14.4 Å². The van der Waals surface area contributed by atoms with Gasteiger partial charge >= 0.3 is 0 Å². The van der Waals surface area contributed by atoms with Gasteiger partial charge in [-0.1, -0.05) is 18.2 Å². The monoisotopic (exact) mass is 353 g/mol. The molecule has 0 aliphatic rings. The van der Waals surface area contributed by atoms with Gasteiger partial charge < -0.3 is 9.88 Å². The van der Waals surface area contributed by atoms with E-state index in [1.165, 1.54) is 17.6 Å². The zero-order chi connectivity index (χ0) is 18.9. The van der Waals surface area contributed by atoms with Crippen LogP contribution in [0.1, 0.15) is 27.3 Å². The first-order valence-corrected chi connectivity index (χ1v) is 7.81. The van der Waals surface area contributed by atoms with Crippen LogP contribution in [-0.4, -0.2) is 27.9 Å². The zero-order valence-corrected chi connectivity index (χ0v) is 14.2. The molecule has 0 saturated heterocycles. The van der Waals surface area contributed by atoms with Crippen molar-refractivity contribution < 1.29 is 19.6 Å². The van der Waals surface area contributed by atoms with Crippen molar-refractivity contribution in [1.29, 1.82) is 0 Å². The molecule has 0 bridgehead atoms. The summed E-state index contributed by atoms with van der Waals surface area (Å²) in [5.74, 6) is -0.779. The summed E-state index contributed by atoms with van der Waals surface area (Å²) in [6.07, 6.45) is 6.51. The first-order valence-electron chi connectivity index (χ1n) is 7.81. The zero-order valence-electron chi connectivity index (χ0n) is 14.2. The molecule has 0 unspecified atom stereocenters. The van der Waals surface area contributed by atoms with Gasteiger partial charge in [0, 0.05) is 36.6 Å². The summed E-state index contributed by atoms with van der Waals surface area (Å²) < 4.78 is 1.80. The van der Waals surface area contributed by atoms with Crippen molar-refractivity contribution >= 4 is 30.3 Å². The lowest BCUT2D eigenvalue weighted by Gasteiger charge is -2.03. The fraction of sp³-hybridized carbons (Fsp3) is 0.105. The number of ketones is 1. The number of hydroxylamine groups is 1. The Morgan fingerprint density at radius 3 is 2.46 bits per heavy atom. The number of amides is 2. The van der Waals surface area contributed by atoms with Crippen LogP contribution in [0.15, 0.2) is 48.6 Å². The molecule has 0 radical (unpaired) electrons. The normalized spacial score (nSPS) is 11.0. The third-order valence-electron chi connectivity index (χ3n) is 3.72. The van der Waals surface area contributed by atoms with Crippen LogP contribution in [0.3, 0.4) is 0 Å². The molecule has 3 N–H and O–H groups in total. The lowest BCUT2D eigenvalue weighted by molar-refractivity contribution is -0.124. The molecule has 7 heteroatoms. The molecule has 0 aliphatic heterocycles. The molecular formula is C19H19N3O4. The molecule has 0 saturated carbocycles. The Bertz CT molecular complexity index is 865. The maximum Gasteiger partial charge on any atom is 0.267 e. The fourth-order valence-corrected chi connectivity index (χ4v) is 2.33. The van der Waals surface area contributed by atoms with E-state index in [1.807, 2.05) is 12.1 Å². The number of aromatic nitrogens is 1. The van der Waals surface area contributed by atoms with E-state index >= 15 is 0 Å². The van der Waals surface area contributed by atoms with E-state index in [2.05, 4.69) is 5.32 Å². The molecule has 0 spiro atoms. The van der Waals surface area contributed by atoms with E-state index in [0.29, 0.717) is 18.5 Å². The molecule has 26 heavy (non-hydrogen) atoms. The average molecular weight is 353 g/mol. The average Bonchev–Trinajstić information content (AvgIpc) is 3.02. The molecular weight excluding hydrogens is 334 g/mol. The van der Waals surface area contributed by atoms with E-state index < -0.39 is 5.91 Å². The topological polar surface area (TPSA) is 100 Å². The second kappa shape index (κ2) is 9.14. The van der Waals surface area contributed by atoms with Gasteiger partial charge in [-0.2, -0.15) is 0 Å². The quantitative estimate of drug-likeness (QED) is 0.221. The summed E-state index contributed by atoms with van der Waals surface area (Å²) in [7, 11) is 1.80. The van der Waals surface area contributed by atoms with Crippen molar-refractivity contribution in [1.82, 2.24) is 15.4 Å². The van der Waals surface area contributed by atoms with Gasteiger partial charge in [-0.25, -0.2) is 5.48 Å². The summed E-state index contributed by atoms with van der Waals surface area (Å²) in [5.41, 5.74) is 4.40. The first kappa shape index (κ1) is 18.9. The van der Waals surface area contributed by atoms with Crippen LogP contribution in [0.25, 0.3) is 12.2 Å². The highest BCUT2D eigenvalue weighted by Crippen LogP contribution is 2.12. The molecule has 2 aromatic rings. The van der Waals surface area contributed by atoms with Crippen LogP contribution in [0.5, 0.6) is 0 Å². The van der Waals surface area contributed by atoms with Gasteiger partial charge in [-0.05, 0) is 42.0 Å². The van der Waals surface area contributed by atoms with Crippen LogP contribution in [0.4, 0.5) is 0 Å². The van der Waals surface area contributed by atoms with Crippen molar-refractivity contribution in [3.8, 4) is 0 Å². The SMILES string of the molecule is Cn1c(/C=C/C(=O)NO)ccc1/C=C/C(=O)c1cccc(CNC=O)c1. The summed E-state index contributed by atoms with van der Waals surface area (Å²) in [6.45, 7) is 0.364. The fourth-order valence-electron chi connectivity index (χ4n) is 2.33.